The van der Waals surface area contributed by atoms with Gasteiger partial charge in [-0.25, -0.2) is 9.44 Å². The van der Waals surface area contributed by atoms with Gasteiger partial charge in [0, 0.05) is 12.1 Å². The Morgan fingerprint density at radius 1 is 0.741 bits per heavy atom. The molecule has 0 aliphatic carbocycles. The predicted molar refractivity (Wildman–Crippen MR) is 100 cm³/mol. The maximum atomic E-state index is 11.4. The van der Waals surface area contributed by atoms with Gasteiger partial charge >= 0.3 is 11.9 Å². The van der Waals surface area contributed by atoms with Gasteiger partial charge in [0.1, 0.15) is 23.6 Å². The number of phenolic OH excluding ortho intramolecular Hbond substituents is 2. The van der Waals surface area contributed by atoms with Gasteiger partial charge < -0.3 is 20.4 Å². The summed E-state index contributed by atoms with van der Waals surface area (Å²) >= 11 is 0.810. The fourth-order valence-corrected chi connectivity index (χ4v) is 2.99. The van der Waals surface area contributed by atoms with E-state index in [9.17, 15) is 30.0 Å². The monoisotopic (exact) mass is 392 g/mol. The molecule has 0 aromatic heterocycles. The number of aliphatic carboxylic acids is 2. The van der Waals surface area contributed by atoms with E-state index in [1.165, 1.54) is 24.3 Å². The van der Waals surface area contributed by atoms with Gasteiger partial charge in [-0.15, -0.1) is 0 Å². The minimum atomic E-state index is -1.08. The molecule has 0 heterocycles. The van der Waals surface area contributed by atoms with Gasteiger partial charge in [0.05, 0.1) is 0 Å². The van der Waals surface area contributed by atoms with Crippen LogP contribution in [0.4, 0.5) is 0 Å². The van der Waals surface area contributed by atoms with Crippen molar-refractivity contribution in [2.24, 2.45) is 0 Å². The van der Waals surface area contributed by atoms with E-state index in [0.717, 1.165) is 12.1 Å². The molecule has 0 bridgehead atoms. The largest absolute Gasteiger partial charge is 0.508 e. The molecule has 2 aromatic carbocycles. The summed E-state index contributed by atoms with van der Waals surface area (Å²) in [6.45, 7) is 0. The van der Waals surface area contributed by atoms with Gasteiger partial charge in [0.15, 0.2) is 0 Å². The summed E-state index contributed by atoms with van der Waals surface area (Å²) in [5, 5.41) is 37.2. The average Bonchev–Trinajstić information content (AvgIpc) is 2.63. The molecule has 6 N–H and O–H groups in total. The van der Waals surface area contributed by atoms with Crippen LogP contribution < -0.4 is 9.44 Å². The second-order valence-electron chi connectivity index (χ2n) is 5.86. The van der Waals surface area contributed by atoms with Crippen LogP contribution >= 0.6 is 12.1 Å². The Morgan fingerprint density at radius 3 is 1.37 bits per heavy atom. The van der Waals surface area contributed by atoms with Gasteiger partial charge in [-0.3, -0.25) is 9.59 Å². The first-order valence-electron chi connectivity index (χ1n) is 8.03. The van der Waals surface area contributed by atoms with Crippen molar-refractivity contribution in [3.63, 3.8) is 0 Å². The molecule has 0 amide bonds. The number of carbonyl (C=O) groups is 2. The molecule has 8 nitrogen and oxygen atoms in total. The highest BCUT2D eigenvalue weighted by atomic mass is 32.2. The van der Waals surface area contributed by atoms with E-state index >= 15 is 0 Å². The van der Waals surface area contributed by atoms with Crippen LogP contribution in [0.25, 0.3) is 0 Å². The molecule has 0 aliphatic rings. The highest BCUT2D eigenvalue weighted by Gasteiger charge is 2.21. The van der Waals surface area contributed by atoms with E-state index in [1.54, 1.807) is 24.3 Å². The zero-order valence-corrected chi connectivity index (χ0v) is 15.0. The number of carboxylic acids is 2. The maximum absolute atomic E-state index is 11.4. The number of carboxylic acid groups (broad SMARTS) is 2. The average molecular weight is 392 g/mol. The first kappa shape index (κ1) is 20.6. The number of benzene rings is 2. The minimum absolute atomic E-state index is 0.0909. The zero-order chi connectivity index (χ0) is 19.8. The van der Waals surface area contributed by atoms with Crippen LogP contribution in [0.3, 0.4) is 0 Å². The predicted octanol–water partition coefficient (Wildman–Crippen LogP) is 1.53. The van der Waals surface area contributed by atoms with Gasteiger partial charge in [-0.05, 0) is 48.2 Å². The van der Waals surface area contributed by atoms with Crippen molar-refractivity contribution in [1.29, 1.82) is 0 Å². The molecule has 2 atom stereocenters. The summed E-state index contributed by atoms with van der Waals surface area (Å²) in [4.78, 5) is 22.8. The molecule has 0 fully saturated rings. The van der Waals surface area contributed by atoms with Gasteiger partial charge in [-0.1, -0.05) is 24.3 Å². The number of hydrogen-bond acceptors (Lipinski definition) is 7. The van der Waals surface area contributed by atoms with Gasteiger partial charge in [0.2, 0.25) is 0 Å². The molecular weight excluding hydrogens is 372 g/mol. The molecule has 9 heteroatoms. The van der Waals surface area contributed by atoms with E-state index in [1.807, 2.05) is 0 Å². The summed E-state index contributed by atoms with van der Waals surface area (Å²) in [6.07, 6.45) is 0.333. The summed E-state index contributed by atoms with van der Waals surface area (Å²) in [5.74, 6) is -1.98. The topological polar surface area (TPSA) is 139 Å². The van der Waals surface area contributed by atoms with Crippen LogP contribution in [0.2, 0.25) is 0 Å². The lowest BCUT2D eigenvalue weighted by atomic mass is 10.1. The van der Waals surface area contributed by atoms with E-state index in [4.69, 9.17) is 0 Å². The quantitative estimate of drug-likeness (QED) is 0.332. The fraction of sp³-hybridized carbons (Fsp3) is 0.222. The van der Waals surface area contributed by atoms with Gasteiger partial charge in [0.25, 0.3) is 0 Å². The molecular formula is C18H20N2O6S. The molecule has 0 aliphatic heterocycles. The normalized spacial score (nSPS) is 13.0. The molecule has 0 spiro atoms. The SMILES string of the molecule is O=C(O)[C@H](Cc1ccc(O)cc1)NSN[C@@H](Cc1ccc(O)cc1)C(=O)O. The molecule has 2 aromatic rings. The van der Waals surface area contributed by atoms with Crippen LogP contribution in [0.1, 0.15) is 11.1 Å². The van der Waals surface area contributed by atoms with Crippen molar-refractivity contribution in [2.45, 2.75) is 24.9 Å². The lowest BCUT2D eigenvalue weighted by Gasteiger charge is -2.17. The number of hydrogen-bond donors (Lipinski definition) is 6. The standard InChI is InChI=1S/C18H20N2O6S/c21-13-5-1-11(2-6-13)9-15(17(23)24)19-27-20-16(18(25)26)10-12-3-7-14(22)8-4-12/h1-8,15-16,19-22H,9-10H2,(H,23,24)(H,25,26)/t15-,16-/m0/s1. The van der Waals surface area contributed by atoms with Crippen LogP contribution in [-0.2, 0) is 22.4 Å². The van der Waals surface area contributed by atoms with Crippen molar-refractivity contribution < 1.29 is 30.0 Å². The van der Waals surface area contributed by atoms with Crippen molar-refractivity contribution >= 4 is 24.1 Å². The van der Waals surface area contributed by atoms with Crippen molar-refractivity contribution in [3.8, 4) is 11.5 Å². The summed E-state index contributed by atoms with van der Waals surface area (Å²) < 4.78 is 5.41. The second-order valence-corrected chi connectivity index (χ2v) is 6.54. The van der Waals surface area contributed by atoms with Crippen molar-refractivity contribution in [1.82, 2.24) is 9.44 Å². The lowest BCUT2D eigenvalue weighted by molar-refractivity contribution is -0.139. The molecule has 0 radical (unpaired) electrons. The first-order chi connectivity index (χ1) is 12.8. The molecule has 0 saturated carbocycles. The third-order valence-corrected chi connectivity index (χ3v) is 4.56. The van der Waals surface area contributed by atoms with E-state index in [2.05, 4.69) is 9.44 Å². The number of phenols is 2. The third-order valence-electron chi connectivity index (χ3n) is 3.75. The van der Waals surface area contributed by atoms with Crippen LogP contribution in [0.5, 0.6) is 11.5 Å². The second kappa shape index (κ2) is 9.81. The smallest absolute Gasteiger partial charge is 0.321 e. The highest BCUT2D eigenvalue weighted by molar-refractivity contribution is 7.95. The van der Waals surface area contributed by atoms with Crippen LogP contribution in [0, 0.1) is 0 Å². The lowest BCUT2D eigenvalue weighted by Crippen LogP contribution is -2.40. The molecule has 2 rings (SSSR count). The Kier molecular flexibility index (Phi) is 7.47. The van der Waals surface area contributed by atoms with E-state index in [-0.39, 0.29) is 24.3 Å². The molecule has 0 saturated heterocycles. The van der Waals surface area contributed by atoms with E-state index in [0.29, 0.717) is 11.1 Å². The van der Waals surface area contributed by atoms with Crippen molar-refractivity contribution in [3.05, 3.63) is 59.7 Å². The fourth-order valence-electron chi connectivity index (χ4n) is 2.27. The minimum Gasteiger partial charge on any atom is -0.508 e. The Balaban J connectivity index is 1.90. The zero-order valence-electron chi connectivity index (χ0n) is 14.2. The molecule has 27 heavy (non-hydrogen) atoms. The highest BCUT2D eigenvalue weighted by Crippen LogP contribution is 2.14. The third kappa shape index (κ3) is 6.81. The Labute approximate surface area is 160 Å². The molecule has 0 unspecified atom stereocenters. The Morgan fingerprint density at radius 2 is 1.07 bits per heavy atom. The molecule has 144 valence electrons. The summed E-state index contributed by atoms with van der Waals surface area (Å²) in [7, 11) is 0. The maximum Gasteiger partial charge on any atom is 0.321 e. The number of rotatable bonds is 10. The van der Waals surface area contributed by atoms with Crippen LogP contribution in [-0.4, -0.2) is 44.4 Å². The Bertz CT molecular complexity index is 701. The van der Waals surface area contributed by atoms with E-state index < -0.39 is 24.0 Å². The first-order valence-corrected chi connectivity index (χ1v) is 8.85. The van der Waals surface area contributed by atoms with Gasteiger partial charge in [-0.2, -0.15) is 0 Å². The number of aromatic hydroxyl groups is 2. The van der Waals surface area contributed by atoms with Crippen molar-refractivity contribution in [2.75, 3.05) is 0 Å². The number of nitrogens with one attached hydrogen (secondary N) is 2. The Hall–Kier alpha value is -2.75. The van der Waals surface area contributed by atoms with Crippen LogP contribution in [0.15, 0.2) is 48.5 Å². The summed E-state index contributed by atoms with van der Waals surface area (Å²) in [5.41, 5.74) is 1.43. The summed E-state index contributed by atoms with van der Waals surface area (Å²) in [6, 6.07) is 10.5.